The molecule has 0 atom stereocenters. The van der Waals surface area contributed by atoms with E-state index in [0.717, 1.165) is 28.2 Å². The van der Waals surface area contributed by atoms with Gasteiger partial charge in [0.1, 0.15) is 0 Å². The van der Waals surface area contributed by atoms with Crippen LogP contribution in [-0.4, -0.2) is 0 Å². The van der Waals surface area contributed by atoms with E-state index in [1.54, 1.807) is 0 Å². The van der Waals surface area contributed by atoms with Crippen molar-refractivity contribution in [2.75, 3.05) is 4.90 Å². The maximum atomic E-state index is 2.57. The Kier molecular flexibility index (Phi) is 8.35. The molecule has 324 valence electrons. The molecule has 0 N–H and O–H groups in total. The highest BCUT2D eigenvalue weighted by atomic mass is 15.1. The summed E-state index contributed by atoms with van der Waals surface area (Å²) in [7, 11) is 0. The third-order valence-corrected chi connectivity index (χ3v) is 15.6. The van der Waals surface area contributed by atoms with E-state index in [0.29, 0.717) is 0 Å². The summed E-state index contributed by atoms with van der Waals surface area (Å²) in [6.45, 7) is 0. The van der Waals surface area contributed by atoms with Gasteiger partial charge < -0.3 is 4.90 Å². The van der Waals surface area contributed by atoms with Crippen molar-refractivity contribution in [2.45, 2.75) is 5.41 Å². The van der Waals surface area contributed by atoms with E-state index in [9.17, 15) is 0 Å². The quantitative estimate of drug-likeness (QED) is 0.156. The molecule has 1 spiro atoms. The van der Waals surface area contributed by atoms with Crippen LogP contribution in [0.2, 0.25) is 0 Å². The van der Waals surface area contributed by atoms with E-state index in [1.807, 2.05) is 0 Å². The molecule has 0 heterocycles. The van der Waals surface area contributed by atoms with Gasteiger partial charge in [-0.1, -0.05) is 212 Å². The molecule has 0 aromatic heterocycles. The predicted molar refractivity (Wildman–Crippen MR) is 296 cm³/mol. The van der Waals surface area contributed by atoms with Crippen molar-refractivity contribution in [2.24, 2.45) is 0 Å². The van der Waals surface area contributed by atoms with E-state index in [-0.39, 0.29) is 0 Å². The zero-order valence-electron chi connectivity index (χ0n) is 38.3. The fourth-order valence-electron chi connectivity index (χ4n) is 12.6. The molecule has 0 bridgehead atoms. The molecular weight excluding hydrogens is 843 g/mol. The third kappa shape index (κ3) is 5.55. The first kappa shape index (κ1) is 39.0. The van der Waals surface area contributed by atoms with Gasteiger partial charge in [0.2, 0.25) is 0 Å². The van der Waals surface area contributed by atoms with Crippen molar-refractivity contribution in [1.29, 1.82) is 0 Å². The Bertz CT molecular complexity index is 4120. The van der Waals surface area contributed by atoms with Crippen LogP contribution in [0.4, 0.5) is 17.1 Å². The van der Waals surface area contributed by atoms with Gasteiger partial charge in [-0.3, -0.25) is 0 Å². The Hall–Kier alpha value is -9.04. The summed E-state index contributed by atoms with van der Waals surface area (Å²) in [5.74, 6) is 0. The lowest BCUT2D eigenvalue weighted by Crippen LogP contribution is -2.26. The van der Waals surface area contributed by atoms with Gasteiger partial charge in [-0.25, -0.2) is 0 Å². The normalized spacial score (nSPS) is 13.0. The highest BCUT2D eigenvalue weighted by Gasteiger charge is 2.51. The van der Waals surface area contributed by atoms with E-state index in [1.165, 1.54) is 109 Å². The van der Waals surface area contributed by atoms with Crippen LogP contribution in [0, 0.1) is 0 Å². The Labute approximate surface area is 406 Å². The molecule has 13 aromatic rings. The highest BCUT2D eigenvalue weighted by Crippen LogP contribution is 2.63. The summed E-state index contributed by atoms with van der Waals surface area (Å²) in [5, 5.41) is 12.4. The number of hydrogen-bond donors (Lipinski definition) is 0. The summed E-state index contributed by atoms with van der Waals surface area (Å²) in [5.41, 5.74) is 18.0. The average molecular weight is 886 g/mol. The van der Waals surface area contributed by atoms with Crippen molar-refractivity contribution in [1.82, 2.24) is 0 Å². The minimum Gasteiger partial charge on any atom is -0.310 e. The van der Waals surface area contributed by atoms with E-state index in [4.69, 9.17) is 0 Å². The van der Waals surface area contributed by atoms with Crippen LogP contribution in [0.25, 0.3) is 98.4 Å². The van der Waals surface area contributed by atoms with Crippen molar-refractivity contribution in [3.8, 4) is 44.5 Å². The summed E-state index contributed by atoms with van der Waals surface area (Å²) in [6, 6.07) is 97.9. The first-order valence-corrected chi connectivity index (χ1v) is 24.4. The summed E-state index contributed by atoms with van der Waals surface area (Å²) in [4.78, 5) is 2.57. The summed E-state index contributed by atoms with van der Waals surface area (Å²) >= 11 is 0. The predicted octanol–water partition coefficient (Wildman–Crippen LogP) is 18.6. The van der Waals surface area contributed by atoms with Gasteiger partial charge in [0, 0.05) is 16.8 Å². The molecule has 0 fully saturated rings. The van der Waals surface area contributed by atoms with Crippen LogP contribution < -0.4 is 4.90 Å². The minimum absolute atomic E-state index is 0.494. The largest absolute Gasteiger partial charge is 0.310 e. The number of fused-ring (bicyclic) bond motifs is 18. The zero-order valence-corrected chi connectivity index (χ0v) is 38.3. The Morgan fingerprint density at radius 1 is 0.243 bits per heavy atom. The highest BCUT2D eigenvalue weighted by molar-refractivity contribution is 6.29. The van der Waals surface area contributed by atoms with Crippen LogP contribution in [0.15, 0.2) is 261 Å². The van der Waals surface area contributed by atoms with Gasteiger partial charge in [0.15, 0.2) is 0 Å². The minimum atomic E-state index is -0.494. The van der Waals surface area contributed by atoms with Crippen LogP contribution in [0.5, 0.6) is 0 Å². The summed E-state index contributed by atoms with van der Waals surface area (Å²) in [6.07, 6.45) is 0. The second-order valence-corrected chi connectivity index (χ2v) is 19.1. The van der Waals surface area contributed by atoms with Gasteiger partial charge in [-0.15, -0.1) is 0 Å². The number of anilines is 3. The van der Waals surface area contributed by atoms with Crippen molar-refractivity contribution >= 4 is 70.9 Å². The molecular formula is C69H43N. The van der Waals surface area contributed by atoms with Gasteiger partial charge in [0.05, 0.1) is 11.1 Å². The molecule has 15 rings (SSSR count). The first-order chi connectivity index (χ1) is 34.7. The number of nitrogens with zero attached hydrogens (tertiary/aromatic N) is 1. The van der Waals surface area contributed by atoms with E-state index in [2.05, 4.69) is 266 Å². The Balaban J connectivity index is 1.07. The molecule has 13 aromatic carbocycles. The lowest BCUT2D eigenvalue weighted by Gasteiger charge is -2.33. The molecule has 0 saturated heterocycles. The fourth-order valence-corrected chi connectivity index (χ4v) is 12.6. The van der Waals surface area contributed by atoms with Gasteiger partial charge in [-0.05, 0) is 164 Å². The zero-order chi connectivity index (χ0) is 45.9. The van der Waals surface area contributed by atoms with Crippen LogP contribution in [0.1, 0.15) is 22.3 Å². The summed E-state index contributed by atoms with van der Waals surface area (Å²) < 4.78 is 0. The van der Waals surface area contributed by atoms with Crippen LogP contribution in [0.3, 0.4) is 0 Å². The molecule has 70 heavy (non-hydrogen) atoms. The standard InChI is InChI=1S/C69H43N/c1-3-18-46-38-48(34-32-44(46)16-1)50-40-51(49-35-33-45-17-2-4-19-47(45)39-49)42-53(41-50)70(67-31-15-27-62-56-21-6-5-20-54(56)55-22-7-8-26-61(55)68(62)67)52-36-37-60-59-25-11-14-30-65(59)69(66(60)43-52)63-28-12-9-23-57(63)58-24-10-13-29-64(58)69/h1-43H. The van der Waals surface area contributed by atoms with Crippen molar-refractivity contribution in [3.05, 3.63) is 283 Å². The maximum absolute atomic E-state index is 2.57. The number of hydrogen-bond acceptors (Lipinski definition) is 1. The maximum Gasteiger partial charge on any atom is 0.0726 e. The lowest BCUT2D eigenvalue weighted by atomic mass is 9.70. The Morgan fingerprint density at radius 2 is 0.671 bits per heavy atom. The van der Waals surface area contributed by atoms with Gasteiger partial charge in [0.25, 0.3) is 0 Å². The van der Waals surface area contributed by atoms with Gasteiger partial charge >= 0.3 is 0 Å². The van der Waals surface area contributed by atoms with Crippen LogP contribution >= 0.6 is 0 Å². The molecule has 2 aliphatic carbocycles. The molecule has 1 nitrogen and oxygen atoms in total. The number of rotatable bonds is 5. The monoisotopic (exact) mass is 885 g/mol. The third-order valence-electron chi connectivity index (χ3n) is 15.6. The average Bonchev–Trinajstić information content (AvgIpc) is 3.90. The lowest BCUT2D eigenvalue weighted by molar-refractivity contribution is 0.793. The van der Waals surface area contributed by atoms with E-state index >= 15 is 0 Å². The molecule has 0 amide bonds. The van der Waals surface area contributed by atoms with Gasteiger partial charge in [-0.2, -0.15) is 0 Å². The molecule has 2 aliphatic rings. The smallest absolute Gasteiger partial charge is 0.0726 e. The molecule has 0 aliphatic heterocycles. The fraction of sp³-hybridized carbons (Fsp3) is 0.0145. The number of benzene rings is 13. The molecule has 0 unspecified atom stereocenters. The Morgan fingerprint density at radius 3 is 1.21 bits per heavy atom. The molecule has 1 heteroatoms. The topological polar surface area (TPSA) is 3.24 Å². The molecule has 0 saturated carbocycles. The first-order valence-electron chi connectivity index (χ1n) is 24.4. The SMILES string of the molecule is c1ccc2c(c1)-c1ccccc1C21c2ccccc2-c2ccc(N(c3cc(-c4ccc5ccccc5c4)cc(-c4ccc5ccccc5c4)c3)c3cccc4c5ccccc5c5ccccc5c34)cc21. The van der Waals surface area contributed by atoms with E-state index < -0.39 is 5.41 Å². The molecule has 0 radical (unpaired) electrons. The van der Waals surface area contributed by atoms with Crippen molar-refractivity contribution < 1.29 is 0 Å². The second-order valence-electron chi connectivity index (χ2n) is 19.1. The van der Waals surface area contributed by atoms with Crippen LogP contribution in [-0.2, 0) is 5.41 Å². The van der Waals surface area contributed by atoms with Crippen molar-refractivity contribution in [3.63, 3.8) is 0 Å². The second kappa shape index (κ2) is 15.0.